The van der Waals surface area contributed by atoms with Crippen LogP contribution in [0, 0.1) is 0 Å². The average molecular weight is 373 g/mol. The fourth-order valence-corrected chi connectivity index (χ4v) is 4.90. The maximum atomic E-state index is 2.36. The summed E-state index contributed by atoms with van der Waals surface area (Å²) in [5.74, 6) is 0. The van der Waals surface area contributed by atoms with Gasteiger partial charge in [-0.3, -0.25) is 4.48 Å². The van der Waals surface area contributed by atoms with E-state index in [0.29, 0.717) is 0 Å². The van der Waals surface area contributed by atoms with Crippen LogP contribution in [0.3, 0.4) is 0 Å². The molecule has 0 unspecified atom stereocenters. The molecule has 1 heteroatoms. The molecule has 1 nitrogen and oxygen atoms in total. The number of nitrogens with zero attached hydrogens (tertiary/aromatic N) is 1. The molecule has 1 aromatic rings. The molecule has 0 amide bonds. The molecule has 0 aliphatic carbocycles. The number of quaternary nitrogens is 1. The highest BCUT2D eigenvalue weighted by molar-refractivity contribution is 5.43. The third-order valence-corrected chi connectivity index (χ3v) is 6.67. The molecule has 1 saturated heterocycles. The Morgan fingerprint density at radius 1 is 0.593 bits per heavy atom. The van der Waals surface area contributed by atoms with Gasteiger partial charge in [0, 0.05) is 12.8 Å². The molecule has 1 aliphatic rings. The fourth-order valence-electron chi connectivity index (χ4n) is 4.90. The van der Waals surface area contributed by atoms with Gasteiger partial charge in [0.25, 0.3) is 0 Å². The van der Waals surface area contributed by atoms with Gasteiger partial charge in [0.15, 0.2) is 0 Å². The van der Waals surface area contributed by atoms with Crippen molar-refractivity contribution in [2.45, 2.75) is 110 Å². The predicted octanol–water partition coefficient (Wildman–Crippen LogP) is 8.27. The van der Waals surface area contributed by atoms with Crippen molar-refractivity contribution in [2.75, 3.05) is 19.6 Å². The zero-order valence-corrected chi connectivity index (χ0v) is 18.3. The molecule has 1 aromatic carbocycles. The Kier molecular flexibility index (Phi) is 11.8. The van der Waals surface area contributed by atoms with E-state index >= 15 is 0 Å². The summed E-state index contributed by atoms with van der Waals surface area (Å²) in [5, 5.41) is 0. The molecule has 1 aliphatic heterocycles. The van der Waals surface area contributed by atoms with Gasteiger partial charge in [0.2, 0.25) is 0 Å². The molecule has 1 heterocycles. The van der Waals surface area contributed by atoms with Gasteiger partial charge in [-0.05, 0) is 25.0 Å². The van der Waals surface area contributed by atoms with E-state index in [2.05, 4.69) is 37.3 Å². The monoisotopic (exact) mass is 372 g/mol. The number of likely N-dealkylation sites (tertiary alicyclic amines) is 1. The molecule has 0 atom stereocenters. The summed E-state index contributed by atoms with van der Waals surface area (Å²) < 4.78 is 1.26. The van der Waals surface area contributed by atoms with Crippen molar-refractivity contribution in [3.63, 3.8) is 0 Å². The summed E-state index contributed by atoms with van der Waals surface area (Å²) in [6.45, 7) is 6.39. The number of rotatable bonds is 16. The minimum absolute atomic E-state index is 1.26. The van der Waals surface area contributed by atoms with Crippen molar-refractivity contribution in [1.29, 1.82) is 0 Å². The third-order valence-electron chi connectivity index (χ3n) is 6.67. The van der Waals surface area contributed by atoms with E-state index in [9.17, 15) is 0 Å². The van der Waals surface area contributed by atoms with Crippen LogP contribution in [0.25, 0.3) is 0 Å². The van der Waals surface area contributed by atoms with E-state index in [1.54, 1.807) is 5.69 Å². The molecule has 0 spiro atoms. The Balaban J connectivity index is 1.44. The maximum Gasteiger partial charge on any atom is 0.132 e. The van der Waals surface area contributed by atoms with Crippen LogP contribution in [-0.4, -0.2) is 19.6 Å². The molecule has 0 aromatic heterocycles. The van der Waals surface area contributed by atoms with Crippen LogP contribution in [0.2, 0.25) is 0 Å². The highest BCUT2D eigenvalue weighted by atomic mass is 15.4. The van der Waals surface area contributed by atoms with E-state index in [0.717, 1.165) is 0 Å². The Morgan fingerprint density at radius 3 is 1.52 bits per heavy atom. The quantitative estimate of drug-likeness (QED) is 0.202. The molecule has 0 saturated carbocycles. The number of para-hydroxylation sites is 1. The topological polar surface area (TPSA) is 0 Å². The largest absolute Gasteiger partial charge is 0.291 e. The summed E-state index contributed by atoms with van der Waals surface area (Å²) in [4.78, 5) is 0. The predicted molar refractivity (Wildman–Crippen MR) is 122 cm³/mol. The molecule has 0 radical (unpaired) electrons. The van der Waals surface area contributed by atoms with Gasteiger partial charge in [0.05, 0.1) is 19.6 Å². The molecule has 0 bridgehead atoms. The minimum Gasteiger partial charge on any atom is -0.291 e. The van der Waals surface area contributed by atoms with E-state index in [1.165, 1.54) is 127 Å². The second-order valence-corrected chi connectivity index (χ2v) is 8.95. The van der Waals surface area contributed by atoms with Gasteiger partial charge in [-0.1, -0.05) is 102 Å². The van der Waals surface area contributed by atoms with E-state index in [4.69, 9.17) is 0 Å². The lowest BCUT2D eigenvalue weighted by Gasteiger charge is -2.34. The molecule has 0 N–H and O–H groups in total. The highest BCUT2D eigenvalue weighted by Crippen LogP contribution is 2.30. The lowest BCUT2D eigenvalue weighted by molar-refractivity contribution is 0.322. The standard InChI is InChI=1S/C26H46N/c1-2-3-4-5-6-7-8-9-10-11-12-13-14-18-23-27(24-19-20-25-27)26-21-16-15-17-22-26/h15-17,21-22H,2-14,18-20,23-25H2,1H3/q+1. The zero-order chi connectivity index (χ0) is 19.0. The number of hydrogen-bond acceptors (Lipinski definition) is 0. The summed E-state index contributed by atoms with van der Waals surface area (Å²) in [6.07, 6.45) is 23.1. The Labute approximate surface area is 170 Å². The summed E-state index contributed by atoms with van der Waals surface area (Å²) in [5.41, 5.74) is 1.56. The summed E-state index contributed by atoms with van der Waals surface area (Å²) >= 11 is 0. The first kappa shape index (κ1) is 22.5. The van der Waals surface area contributed by atoms with Crippen LogP contribution < -0.4 is 4.48 Å². The molecule has 1 fully saturated rings. The first-order valence-corrected chi connectivity index (χ1v) is 12.3. The average Bonchev–Trinajstić information content (AvgIpc) is 3.19. The number of hydrogen-bond donors (Lipinski definition) is 0. The summed E-state index contributed by atoms with van der Waals surface area (Å²) in [7, 11) is 0. The van der Waals surface area contributed by atoms with Crippen molar-refractivity contribution in [2.24, 2.45) is 0 Å². The van der Waals surface area contributed by atoms with Crippen LogP contribution in [0.4, 0.5) is 5.69 Å². The van der Waals surface area contributed by atoms with Crippen molar-refractivity contribution in [1.82, 2.24) is 4.48 Å². The Hall–Kier alpha value is -0.820. The first-order valence-electron chi connectivity index (χ1n) is 12.3. The van der Waals surface area contributed by atoms with E-state index in [-0.39, 0.29) is 0 Å². The van der Waals surface area contributed by atoms with Gasteiger partial charge >= 0.3 is 0 Å². The molecule has 154 valence electrons. The van der Waals surface area contributed by atoms with Gasteiger partial charge in [0.1, 0.15) is 5.69 Å². The van der Waals surface area contributed by atoms with Gasteiger partial charge < -0.3 is 0 Å². The maximum absolute atomic E-state index is 2.36. The molecular weight excluding hydrogens is 326 g/mol. The number of benzene rings is 1. The van der Waals surface area contributed by atoms with Crippen LogP contribution in [0.1, 0.15) is 110 Å². The van der Waals surface area contributed by atoms with E-state index in [1.807, 2.05) is 0 Å². The normalized spacial score (nSPS) is 16.0. The fraction of sp³-hybridized carbons (Fsp3) is 0.769. The van der Waals surface area contributed by atoms with Gasteiger partial charge in [-0.15, -0.1) is 0 Å². The van der Waals surface area contributed by atoms with Gasteiger partial charge in [-0.25, -0.2) is 0 Å². The Bertz CT molecular complexity index is 447. The van der Waals surface area contributed by atoms with Gasteiger partial charge in [-0.2, -0.15) is 0 Å². The highest BCUT2D eigenvalue weighted by Gasteiger charge is 2.33. The number of unbranched alkanes of at least 4 members (excludes halogenated alkanes) is 13. The second kappa shape index (κ2) is 14.2. The zero-order valence-electron chi connectivity index (χ0n) is 18.3. The summed E-state index contributed by atoms with van der Waals surface area (Å²) in [6, 6.07) is 11.3. The van der Waals surface area contributed by atoms with Crippen molar-refractivity contribution < 1.29 is 0 Å². The first-order chi connectivity index (χ1) is 13.4. The van der Waals surface area contributed by atoms with Crippen molar-refractivity contribution >= 4 is 5.69 Å². The lowest BCUT2D eigenvalue weighted by atomic mass is 10.0. The van der Waals surface area contributed by atoms with Crippen molar-refractivity contribution in [3.05, 3.63) is 30.3 Å². The van der Waals surface area contributed by atoms with Crippen LogP contribution in [0.5, 0.6) is 0 Å². The molecular formula is C26H46N+. The molecule has 27 heavy (non-hydrogen) atoms. The smallest absolute Gasteiger partial charge is 0.132 e. The van der Waals surface area contributed by atoms with Crippen LogP contribution >= 0.6 is 0 Å². The van der Waals surface area contributed by atoms with Crippen LogP contribution in [0.15, 0.2) is 30.3 Å². The lowest BCUT2D eigenvalue weighted by Crippen LogP contribution is -2.47. The SMILES string of the molecule is CCCCCCCCCCCCCCCC[N+]1(c2ccccc2)CCCC1. The Morgan fingerprint density at radius 2 is 1.04 bits per heavy atom. The second-order valence-electron chi connectivity index (χ2n) is 8.95. The molecule has 2 rings (SSSR count). The van der Waals surface area contributed by atoms with Crippen LogP contribution in [-0.2, 0) is 0 Å². The minimum atomic E-state index is 1.26. The van der Waals surface area contributed by atoms with Crippen molar-refractivity contribution in [3.8, 4) is 0 Å². The van der Waals surface area contributed by atoms with E-state index < -0.39 is 0 Å². The third kappa shape index (κ3) is 8.81.